The van der Waals surface area contributed by atoms with Crippen LogP contribution in [0, 0.1) is 6.92 Å². The van der Waals surface area contributed by atoms with Crippen LogP contribution in [0.5, 0.6) is 0 Å². The van der Waals surface area contributed by atoms with Crippen LogP contribution in [0.25, 0.3) is 0 Å². The Balaban J connectivity index is 2.51. The number of hydrogen-bond acceptors (Lipinski definition) is 4. The summed E-state index contributed by atoms with van der Waals surface area (Å²) in [4.78, 5) is 15.6. The average molecular weight is 222 g/mol. The molecule has 4 N–H and O–H groups in total. The van der Waals surface area contributed by atoms with Gasteiger partial charge in [0, 0.05) is 19.2 Å². The van der Waals surface area contributed by atoms with Crippen molar-refractivity contribution in [2.45, 2.75) is 13.3 Å². The number of amidine groups is 1. The molecule has 0 radical (unpaired) electrons. The van der Waals surface area contributed by atoms with Crippen LogP contribution < -0.4 is 11.1 Å². The first-order valence-electron chi connectivity index (χ1n) is 4.81. The monoisotopic (exact) mass is 222 g/mol. The molecule has 0 aliphatic heterocycles. The van der Waals surface area contributed by atoms with Crippen molar-refractivity contribution in [3.8, 4) is 0 Å². The molecule has 1 aromatic heterocycles. The maximum absolute atomic E-state index is 11.6. The van der Waals surface area contributed by atoms with E-state index in [1.165, 1.54) is 0 Å². The average Bonchev–Trinajstić information content (AvgIpc) is 2.29. The Hall–Kier alpha value is -2.11. The molecular weight excluding hydrogens is 208 g/mol. The number of aryl methyl sites for hydroxylation is 1. The highest BCUT2D eigenvalue weighted by atomic mass is 16.4. The molecule has 1 aromatic rings. The maximum atomic E-state index is 11.6. The molecule has 1 amide bonds. The van der Waals surface area contributed by atoms with Gasteiger partial charge in [-0.3, -0.25) is 9.78 Å². The Kier molecular flexibility index (Phi) is 4.26. The lowest BCUT2D eigenvalue weighted by Crippen LogP contribution is -2.29. The Morgan fingerprint density at radius 3 is 3.06 bits per heavy atom. The molecular formula is C10H14N4O2. The van der Waals surface area contributed by atoms with Gasteiger partial charge in [0.15, 0.2) is 0 Å². The predicted molar refractivity (Wildman–Crippen MR) is 59.3 cm³/mol. The number of carbonyl (C=O) groups is 1. The summed E-state index contributed by atoms with van der Waals surface area (Å²) in [6.07, 6.45) is 1.86. The summed E-state index contributed by atoms with van der Waals surface area (Å²) in [5.41, 5.74) is 6.46. The quantitative estimate of drug-likeness (QED) is 0.294. The number of oxime groups is 1. The molecule has 0 aliphatic carbocycles. The molecule has 0 spiro atoms. The molecule has 0 atom stereocenters. The number of pyridine rings is 1. The fourth-order valence-corrected chi connectivity index (χ4v) is 1.16. The normalized spacial score (nSPS) is 11.2. The first-order valence-corrected chi connectivity index (χ1v) is 4.81. The predicted octanol–water partition coefficient (Wildman–Crippen LogP) is 0.256. The SMILES string of the molecule is Cc1cccnc1C(=O)NCCC(N)=NO. The zero-order chi connectivity index (χ0) is 12.0. The molecule has 0 aromatic carbocycles. The van der Waals surface area contributed by atoms with Gasteiger partial charge < -0.3 is 16.3 Å². The van der Waals surface area contributed by atoms with Gasteiger partial charge in [-0.1, -0.05) is 11.2 Å². The van der Waals surface area contributed by atoms with Crippen molar-refractivity contribution in [1.82, 2.24) is 10.3 Å². The molecule has 0 fully saturated rings. The lowest BCUT2D eigenvalue weighted by atomic mass is 10.2. The number of hydrogen-bond donors (Lipinski definition) is 3. The summed E-state index contributed by atoms with van der Waals surface area (Å²) in [6, 6.07) is 3.58. The van der Waals surface area contributed by atoms with Gasteiger partial charge >= 0.3 is 0 Å². The minimum Gasteiger partial charge on any atom is -0.409 e. The number of carbonyl (C=O) groups excluding carboxylic acids is 1. The van der Waals surface area contributed by atoms with Gasteiger partial charge in [0.25, 0.3) is 5.91 Å². The van der Waals surface area contributed by atoms with Crippen molar-refractivity contribution >= 4 is 11.7 Å². The molecule has 0 bridgehead atoms. The second-order valence-electron chi connectivity index (χ2n) is 3.27. The van der Waals surface area contributed by atoms with E-state index in [0.717, 1.165) is 5.56 Å². The van der Waals surface area contributed by atoms with Crippen molar-refractivity contribution in [1.29, 1.82) is 0 Å². The van der Waals surface area contributed by atoms with Crippen LogP contribution in [-0.4, -0.2) is 28.5 Å². The number of amides is 1. The van der Waals surface area contributed by atoms with Crippen LogP contribution in [0.3, 0.4) is 0 Å². The molecule has 6 heteroatoms. The third-order valence-corrected chi connectivity index (χ3v) is 2.02. The van der Waals surface area contributed by atoms with Crippen LogP contribution >= 0.6 is 0 Å². The van der Waals surface area contributed by atoms with Gasteiger partial charge in [-0.05, 0) is 18.6 Å². The number of nitrogens with zero attached hydrogens (tertiary/aromatic N) is 2. The second-order valence-corrected chi connectivity index (χ2v) is 3.27. The highest BCUT2D eigenvalue weighted by Gasteiger charge is 2.08. The standard InChI is InChI=1S/C10H14N4O2/c1-7-3-2-5-12-9(7)10(15)13-6-4-8(11)14-16/h2-3,5,16H,4,6H2,1H3,(H2,11,14)(H,13,15). The summed E-state index contributed by atoms with van der Waals surface area (Å²) >= 11 is 0. The fourth-order valence-electron chi connectivity index (χ4n) is 1.16. The summed E-state index contributed by atoms with van der Waals surface area (Å²) in [5, 5.41) is 13.7. The largest absolute Gasteiger partial charge is 0.409 e. The minimum absolute atomic E-state index is 0.0815. The molecule has 0 unspecified atom stereocenters. The lowest BCUT2D eigenvalue weighted by molar-refractivity contribution is 0.0949. The lowest BCUT2D eigenvalue weighted by Gasteiger charge is -2.05. The van der Waals surface area contributed by atoms with Gasteiger partial charge in [-0.25, -0.2) is 0 Å². The smallest absolute Gasteiger partial charge is 0.270 e. The zero-order valence-corrected chi connectivity index (χ0v) is 8.97. The third kappa shape index (κ3) is 3.23. The molecule has 1 rings (SSSR count). The topological polar surface area (TPSA) is 101 Å². The van der Waals surface area contributed by atoms with Gasteiger partial charge in [-0.15, -0.1) is 0 Å². The van der Waals surface area contributed by atoms with Crippen molar-refractivity contribution in [2.75, 3.05) is 6.54 Å². The van der Waals surface area contributed by atoms with E-state index >= 15 is 0 Å². The highest BCUT2D eigenvalue weighted by Crippen LogP contribution is 2.02. The Morgan fingerprint density at radius 2 is 2.44 bits per heavy atom. The summed E-state index contributed by atoms with van der Waals surface area (Å²) in [6.45, 7) is 2.12. The Bertz CT molecular complexity index is 404. The molecule has 86 valence electrons. The van der Waals surface area contributed by atoms with Crippen molar-refractivity contribution in [3.63, 3.8) is 0 Å². The summed E-state index contributed by atoms with van der Waals surface area (Å²) in [7, 11) is 0. The van der Waals surface area contributed by atoms with Gasteiger partial charge in [0.05, 0.1) is 0 Å². The van der Waals surface area contributed by atoms with Crippen LogP contribution in [0.15, 0.2) is 23.5 Å². The van der Waals surface area contributed by atoms with Crippen molar-refractivity contribution in [3.05, 3.63) is 29.6 Å². The summed E-state index contributed by atoms with van der Waals surface area (Å²) < 4.78 is 0. The molecule has 0 saturated heterocycles. The van der Waals surface area contributed by atoms with Crippen molar-refractivity contribution < 1.29 is 10.0 Å². The first kappa shape index (κ1) is 12.0. The first-order chi connectivity index (χ1) is 7.65. The van der Waals surface area contributed by atoms with E-state index < -0.39 is 0 Å². The van der Waals surface area contributed by atoms with E-state index in [4.69, 9.17) is 10.9 Å². The molecule has 0 aliphatic rings. The van der Waals surface area contributed by atoms with E-state index in [1.54, 1.807) is 12.3 Å². The number of nitrogens with two attached hydrogens (primary N) is 1. The fraction of sp³-hybridized carbons (Fsp3) is 0.300. The third-order valence-electron chi connectivity index (χ3n) is 2.02. The van der Waals surface area contributed by atoms with E-state index in [-0.39, 0.29) is 11.7 Å². The Morgan fingerprint density at radius 1 is 1.69 bits per heavy atom. The molecule has 6 nitrogen and oxygen atoms in total. The van der Waals surface area contributed by atoms with Crippen LogP contribution in [0.4, 0.5) is 0 Å². The zero-order valence-electron chi connectivity index (χ0n) is 8.97. The van der Waals surface area contributed by atoms with E-state index in [2.05, 4.69) is 15.5 Å². The van der Waals surface area contributed by atoms with Gasteiger partial charge in [0.1, 0.15) is 11.5 Å². The number of rotatable bonds is 4. The van der Waals surface area contributed by atoms with E-state index in [9.17, 15) is 4.79 Å². The van der Waals surface area contributed by atoms with Gasteiger partial charge in [0.2, 0.25) is 0 Å². The minimum atomic E-state index is -0.260. The van der Waals surface area contributed by atoms with E-state index in [1.807, 2.05) is 13.0 Å². The maximum Gasteiger partial charge on any atom is 0.270 e. The van der Waals surface area contributed by atoms with Crippen LogP contribution in [-0.2, 0) is 0 Å². The second kappa shape index (κ2) is 5.69. The molecule has 1 heterocycles. The summed E-state index contributed by atoms with van der Waals surface area (Å²) in [5.74, 6) is -0.179. The van der Waals surface area contributed by atoms with Crippen LogP contribution in [0.2, 0.25) is 0 Å². The molecule has 0 saturated carbocycles. The molecule has 16 heavy (non-hydrogen) atoms. The van der Waals surface area contributed by atoms with Gasteiger partial charge in [-0.2, -0.15) is 0 Å². The Labute approximate surface area is 93.2 Å². The highest BCUT2D eigenvalue weighted by molar-refractivity contribution is 5.93. The number of nitrogens with one attached hydrogen (secondary N) is 1. The van der Waals surface area contributed by atoms with Crippen LogP contribution in [0.1, 0.15) is 22.5 Å². The number of aromatic nitrogens is 1. The van der Waals surface area contributed by atoms with E-state index in [0.29, 0.717) is 18.7 Å². The van der Waals surface area contributed by atoms with Crippen molar-refractivity contribution in [2.24, 2.45) is 10.9 Å².